The fourth-order valence-corrected chi connectivity index (χ4v) is 5.26. The third-order valence-corrected chi connectivity index (χ3v) is 6.54. The summed E-state index contributed by atoms with van der Waals surface area (Å²) in [5.41, 5.74) is -1.63. The highest BCUT2D eigenvalue weighted by molar-refractivity contribution is 6.25. The first-order valence-electron chi connectivity index (χ1n) is 7.31. The number of alkyl halides is 1. The van der Waals surface area contributed by atoms with E-state index in [2.05, 4.69) is 6.58 Å². The first kappa shape index (κ1) is 14.0. The van der Waals surface area contributed by atoms with Crippen molar-refractivity contribution >= 4 is 17.6 Å². The van der Waals surface area contributed by atoms with Gasteiger partial charge in [-0.3, -0.25) is 0 Å². The van der Waals surface area contributed by atoms with Crippen LogP contribution < -0.4 is 0 Å². The van der Waals surface area contributed by atoms with Crippen LogP contribution in [-0.4, -0.2) is 50.6 Å². The zero-order valence-electron chi connectivity index (χ0n) is 12.0. The summed E-state index contributed by atoms with van der Waals surface area (Å²) in [4.78, 5) is 10.9. The van der Waals surface area contributed by atoms with Gasteiger partial charge in [0, 0.05) is 11.5 Å². The van der Waals surface area contributed by atoms with Crippen LogP contribution in [0.2, 0.25) is 0 Å². The summed E-state index contributed by atoms with van der Waals surface area (Å²) < 4.78 is 11.3. The maximum atomic E-state index is 11.9. The van der Waals surface area contributed by atoms with Crippen LogP contribution in [0.4, 0.5) is 0 Å². The Morgan fingerprint density at radius 3 is 2.76 bits per heavy atom. The molecule has 2 aliphatic heterocycles. The average Bonchev–Trinajstić information content (AvgIpc) is 3.03. The Morgan fingerprint density at radius 1 is 1.43 bits per heavy atom. The minimum atomic E-state index is -1.12. The summed E-state index contributed by atoms with van der Waals surface area (Å²) in [6.07, 6.45) is -0.854. The van der Waals surface area contributed by atoms with Gasteiger partial charge >= 0.3 is 5.97 Å². The van der Waals surface area contributed by atoms with Crippen LogP contribution in [0.15, 0.2) is 12.2 Å². The Labute approximate surface area is 127 Å². The summed E-state index contributed by atoms with van der Waals surface area (Å²) in [6, 6.07) is 0. The molecule has 0 aromatic rings. The van der Waals surface area contributed by atoms with E-state index in [4.69, 9.17) is 21.1 Å². The molecule has 4 aliphatic rings. The van der Waals surface area contributed by atoms with Crippen LogP contribution >= 0.6 is 11.6 Å². The quantitative estimate of drug-likeness (QED) is 0.299. The fraction of sp³-hybridized carbons (Fsp3) is 0.800. The van der Waals surface area contributed by atoms with Gasteiger partial charge in [-0.05, 0) is 26.7 Å². The van der Waals surface area contributed by atoms with Crippen molar-refractivity contribution < 1.29 is 24.5 Å². The lowest BCUT2D eigenvalue weighted by Gasteiger charge is -2.40. The molecule has 8 atom stereocenters. The third kappa shape index (κ3) is 1.37. The maximum absolute atomic E-state index is 11.9. The van der Waals surface area contributed by atoms with E-state index in [9.17, 15) is 15.0 Å². The molecule has 2 heterocycles. The van der Waals surface area contributed by atoms with Crippen molar-refractivity contribution in [3.8, 4) is 0 Å². The summed E-state index contributed by atoms with van der Waals surface area (Å²) in [6.45, 7) is 7.27. The molecule has 0 radical (unpaired) electrons. The monoisotopic (exact) mass is 314 g/mol. The predicted octanol–water partition coefficient (Wildman–Crippen LogP) is 0.755. The van der Waals surface area contributed by atoms with E-state index < -0.39 is 46.3 Å². The molecule has 4 rings (SSSR count). The zero-order valence-corrected chi connectivity index (χ0v) is 12.8. The highest BCUT2D eigenvalue weighted by Gasteiger charge is 2.85. The van der Waals surface area contributed by atoms with Crippen LogP contribution in [0.3, 0.4) is 0 Å². The van der Waals surface area contributed by atoms with Crippen LogP contribution in [0.25, 0.3) is 0 Å². The second-order valence-electron chi connectivity index (χ2n) is 7.22. The number of carbonyl (C=O) groups excluding carboxylic acids is 1. The lowest BCUT2D eigenvalue weighted by atomic mass is 9.74. The molecule has 0 amide bonds. The van der Waals surface area contributed by atoms with Gasteiger partial charge in [0.25, 0.3) is 0 Å². The highest BCUT2D eigenvalue weighted by atomic mass is 35.5. The van der Waals surface area contributed by atoms with Gasteiger partial charge in [-0.1, -0.05) is 6.58 Å². The second kappa shape index (κ2) is 3.65. The predicted molar refractivity (Wildman–Crippen MR) is 73.7 cm³/mol. The van der Waals surface area contributed by atoms with Crippen molar-refractivity contribution in [2.75, 3.05) is 0 Å². The van der Waals surface area contributed by atoms with Crippen LogP contribution in [0.5, 0.6) is 0 Å². The molecule has 4 fully saturated rings. The van der Waals surface area contributed by atoms with Crippen LogP contribution in [0, 0.1) is 11.8 Å². The van der Waals surface area contributed by atoms with E-state index in [1.165, 1.54) is 0 Å². The number of aliphatic hydroxyl groups excluding tert-OH is 1. The second-order valence-corrected chi connectivity index (χ2v) is 8.03. The zero-order chi connectivity index (χ0) is 15.4. The smallest absolute Gasteiger partial charge is 0.334 e. The van der Waals surface area contributed by atoms with Gasteiger partial charge in [0.05, 0.1) is 16.4 Å². The Balaban J connectivity index is 1.87. The number of rotatable bonds is 0. The Kier molecular flexibility index (Phi) is 2.43. The number of hydrogen-bond acceptors (Lipinski definition) is 5. The largest absolute Gasteiger partial charge is 0.458 e. The number of fused-ring (bicyclic) bond motifs is 2. The average molecular weight is 315 g/mol. The van der Waals surface area contributed by atoms with Crippen molar-refractivity contribution in [3.63, 3.8) is 0 Å². The van der Waals surface area contributed by atoms with E-state index >= 15 is 0 Å². The molecule has 2 N–H and O–H groups in total. The van der Waals surface area contributed by atoms with Crippen molar-refractivity contribution in [1.82, 2.24) is 0 Å². The van der Waals surface area contributed by atoms with Crippen molar-refractivity contribution in [2.24, 2.45) is 11.8 Å². The molecule has 21 heavy (non-hydrogen) atoms. The van der Waals surface area contributed by atoms with Gasteiger partial charge in [-0.25, -0.2) is 4.79 Å². The van der Waals surface area contributed by atoms with Gasteiger partial charge in [0.1, 0.15) is 23.9 Å². The minimum Gasteiger partial charge on any atom is -0.458 e. The number of aliphatic hydroxyl groups is 2. The number of carbonyl (C=O) groups is 1. The van der Waals surface area contributed by atoms with E-state index in [-0.39, 0.29) is 5.92 Å². The molecule has 2 aliphatic carbocycles. The molecule has 2 saturated carbocycles. The topological polar surface area (TPSA) is 79.3 Å². The maximum Gasteiger partial charge on any atom is 0.334 e. The van der Waals surface area contributed by atoms with Crippen molar-refractivity contribution in [3.05, 3.63) is 12.2 Å². The summed E-state index contributed by atoms with van der Waals surface area (Å²) in [7, 11) is 0. The van der Waals surface area contributed by atoms with Gasteiger partial charge in [-0.15, -0.1) is 11.6 Å². The Morgan fingerprint density at radius 2 is 2.10 bits per heavy atom. The molecule has 2 saturated heterocycles. The molecular weight excluding hydrogens is 296 g/mol. The lowest BCUT2D eigenvalue weighted by Crippen LogP contribution is -2.54. The van der Waals surface area contributed by atoms with Gasteiger partial charge in [-0.2, -0.15) is 0 Å². The van der Waals surface area contributed by atoms with Gasteiger partial charge in [0.2, 0.25) is 0 Å². The van der Waals surface area contributed by atoms with E-state index in [0.29, 0.717) is 18.4 Å². The number of halogens is 1. The first-order chi connectivity index (χ1) is 9.64. The van der Waals surface area contributed by atoms with Crippen LogP contribution in [-0.2, 0) is 14.3 Å². The summed E-state index contributed by atoms with van der Waals surface area (Å²) >= 11 is 6.61. The summed E-state index contributed by atoms with van der Waals surface area (Å²) in [5, 5.41) is 21.4. The standard InChI is InChI=1S/C15H19ClO5/c1-6-7-4-5-13(2,19)15-9(8(7)20-12(6)18)14(3,16)10(17)11(15)21-15/h7-11,17,19H,1,4-5H2,2-3H3. The Hall–Kier alpha value is -0.620. The molecule has 116 valence electrons. The molecule has 8 unspecified atom stereocenters. The van der Waals surface area contributed by atoms with Crippen LogP contribution in [0.1, 0.15) is 26.7 Å². The molecule has 0 aromatic carbocycles. The number of epoxide rings is 1. The van der Waals surface area contributed by atoms with Gasteiger partial charge < -0.3 is 19.7 Å². The number of hydrogen-bond donors (Lipinski definition) is 2. The van der Waals surface area contributed by atoms with Gasteiger partial charge in [0.15, 0.2) is 0 Å². The lowest BCUT2D eigenvalue weighted by molar-refractivity contribution is -0.147. The van der Waals surface area contributed by atoms with E-state index in [1.54, 1.807) is 13.8 Å². The molecule has 5 nitrogen and oxygen atoms in total. The number of esters is 1. The third-order valence-electron chi connectivity index (χ3n) is 6.08. The van der Waals surface area contributed by atoms with Crippen molar-refractivity contribution in [2.45, 2.75) is 61.1 Å². The Bertz CT molecular complexity index is 556. The normalized spacial score (nSPS) is 61.7. The highest BCUT2D eigenvalue weighted by Crippen LogP contribution is 2.69. The molecule has 6 heteroatoms. The number of ether oxygens (including phenoxy) is 2. The molecule has 0 bridgehead atoms. The first-order valence-corrected chi connectivity index (χ1v) is 7.69. The van der Waals surface area contributed by atoms with Crippen molar-refractivity contribution in [1.29, 1.82) is 0 Å². The molecule has 0 aromatic heterocycles. The molecule has 1 spiro atoms. The molecular formula is C15H19ClO5. The minimum absolute atomic E-state index is 0.179. The fourth-order valence-electron chi connectivity index (χ4n) is 4.86. The van der Waals surface area contributed by atoms with E-state index in [0.717, 1.165) is 0 Å². The SMILES string of the molecule is C=C1C(=O)OC2C1CCC(C)(O)C13OC1C(O)C(C)(Cl)C23. The summed E-state index contributed by atoms with van der Waals surface area (Å²) in [5.74, 6) is -1.05. The van der Waals surface area contributed by atoms with E-state index in [1.807, 2.05) is 0 Å².